The summed E-state index contributed by atoms with van der Waals surface area (Å²) >= 11 is 0. The molecular formula is C31H45NO2. The number of hydrogen-bond acceptors (Lipinski definition) is 3. The highest BCUT2D eigenvalue weighted by molar-refractivity contribution is 5.55. The molecule has 3 heteroatoms. The molecule has 1 heterocycles. The third-order valence-electron chi connectivity index (χ3n) is 7.02. The van der Waals surface area contributed by atoms with Crippen molar-refractivity contribution in [3.8, 4) is 11.5 Å². The van der Waals surface area contributed by atoms with Crippen molar-refractivity contribution >= 4 is 0 Å². The highest BCUT2D eigenvalue weighted by Gasteiger charge is 2.26. The van der Waals surface area contributed by atoms with E-state index in [0.29, 0.717) is 11.7 Å². The van der Waals surface area contributed by atoms with Crippen LogP contribution in [0.5, 0.6) is 11.5 Å². The Morgan fingerprint density at radius 3 is 2.38 bits per heavy atom. The molecule has 34 heavy (non-hydrogen) atoms. The van der Waals surface area contributed by atoms with Gasteiger partial charge in [0.25, 0.3) is 0 Å². The maximum absolute atomic E-state index is 11.2. The van der Waals surface area contributed by atoms with Crippen LogP contribution in [0.1, 0.15) is 81.9 Å². The number of aryl methyl sites for hydroxylation is 1. The summed E-state index contributed by atoms with van der Waals surface area (Å²) in [6, 6.07) is 1.85. The molecule has 1 unspecified atom stereocenters. The van der Waals surface area contributed by atoms with Crippen molar-refractivity contribution < 1.29 is 10.2 Å². The zero-order valence-corrected chi connectivity index (χ0v) is 21.8. The van der Waals surface area contributed by atoms with Crippen molar-refractivity contribution in [2.45, 2.75) is 78.7 Å². The van der Waals surface area contributed by atoms with Crippen LogP contribution in [0.4, 0.5) is 0 Å². The smallest absolute Gasteiger partial charge is 0.127 e. The average molecular weight is 464 g/mol. The molecule has 0 radical (unpaired) electrons. The minimum Gasteiger partial charge on any atom is -0.507 e. The summed E-state index contributed by atoms with van der Waals surface area (Å²) in [5.41, 5.74) is 5.41. The molecule has 0 bridgehead atoms. The average Bonchev–Trinajstić information content (AvgIpc) is 2.81. The molecule has 3 rings (SSSR count). The first-order valence-corrected chi connectivity index (χ1v) is 12.8. The van der Waals surface area contributed by atoms with Gasteiger partial charge in [-0.1, -0.05) is 54.2 Å². The molecule has 0 amide bonds. The number of likely N-dealkylation sites (tertiary alicyclic amines) is 1. The minimum atomic E-state index is 0.113. The van der Waals surface area contributed by atoms with E-state index in [1.807, 2.05) is 32.1 Å². The van der Waals surface area contributed by atoms with Crippen LogP contribution >= 0.6 is 0 Å². The molecule has 2 aliphatic rings. The molecule has 0 saturated carbocycles. The third kappa shape index (κ3) is 7.77. The molecule has 0 aromatic heterocycles. The summed E-state index contributed by atoms with van der Waals surface area (Å²) in [6.07, 6.45) is 18.9. The third-order valence-corrected chi connectivity index (χ3v) is 7.02. The Hall–Kier alpha value is -2.52. The number of benzene rings is 1. The summed E-state index contributed by atoms with van der Waals surface area (Å²) in [5, 5.41) is 21.8. The Morgan fingerprint density at radius 2 is 1.79 bits per heavy atom. The van der Waals surface area contributed by atoms with Gasteiger partial charge in [0, 0.05) is 23.6 Å². The number of phenols is 2. The van der Waals surface area contributed by atoms with E-state index >= 15 is 0 Å². The molecule has 1 fully saturated rings. The maximum atomic E-state index is 11.2. The normalized spacial score (nSPS) is 19.9. The minimum absolute atomic E-state index is 0.113. The second-order valence-electron chi connectivity index (χ2n) is 9.76. The summed E-state index contributed by atoms with van der Waals surface area (Å²) in [4.78, 5) is 2.45. The van der Waals surface area contributed by atoms with E-state index in [9.17, 15) is 10.2 Å². The van der Waals surface area contributed by atoms with Crippen LogP contribution in [0.3, 0.4) is 0 Å². The number of aromatic hydroxyl groups is 2. The molecule has 1 aliphatic heterocycles. The fraction of sp³-hybridized carbons (Fsp3) is 0.484. The number of allylic oxidation sites excluding steroid dienone is 8. The van der Waals surface area contributed by atoms with Gasteiger partial charge >= 0.3 is 0 Å². The molecule has 3 nitrogen and oxygen atoms in total. The van der Waals surface area contributed by atoms with Gasteiger partial charge in [-0.15, -0.1) is 6.58 Å². The van der Waals surface area contributed by atoms with Crippen LogP contribution in [0.25, 0.3) is 0 Å². The molecule has 1 aliphatic carbocycles. The highest BCUT2D eigenvalue weighted by Crippen LogP contribution is 2.44. The van der Waals surface area contributed by atoms with E-state index in [-0.39, 0.29) is 11.7 Å². The molecule has 2 N–H and O–H groups in total. The molecule has 1 saturated heterocycles. The number of nitrogens with zero attached hydrogens (tertiary/aromatic N) is 1. The summed E-state index contributed by atoms with van der Waals surface area (Å²) in [6.45, 7) is 18.1. The lowest BCUT2D eigenvalue weighted by Crippen LogP contribution is -2.33. The molecule has 1 aromatic rings. The van der Waals surface area contributed by atoms with Crippen LogP contribution in [0, 0.1) is 12.8 Å². The lowest BCUT2D eigenvalue weighted by molar-refractivity contribution is 0.175. The quantitative estimate of drug-likeness (QED) is 0.317. The van der Waals surface area contributed by atoms with Gasteiger partial charge in [-0.3, -0.25) is 4.90 Å². The van der Waals surface area contributed by atoms with Gasteiger partial charge < -0.3 is 10.2 Å². The largest absolute Gasteiger partial charge is 0.507 e. The second-order valence-corrected chi connectivity index (χ2v) is 9.76. The lowest BCUT2D eigenvalue weighted by atomic mass is 9.83. The molecule has 186 valence electrons. The highest BCUT2D eigenvalue weighted by atomic mass is 16.3. The SMILES string of the molecule is C=C/C=C\C(=C/C)CC1CCN(Cc2c(C)cc(O)c(C3C=C(C)CCC3)c2O)CC1.C=CC. The first-order valence-electron chi connectivity index (χ1n) is 12.8. The van der Waals surface area contributed by atoms with Gasteiger partial charge in [0.2, 0.25) is 0 Å². The molecule has 1 aromatic carbocycles. The lowest BCUT2D eigenvalue weighted by Gasteiger charge is -2.33. The van der Waals surface area contributed by atoms with Crippen molar-refractivity contribution in [1.82, 2.24) is 4.90 Å². The van der Waals surface area contributed by atoms with E-state index in [2.05, 4.69) is 50.1 Å². The van der Waals surface area contributed by atoms with Gasteiger partial charge in [-0.05, 0) is 96.9 Å². The Kier molecular flexibility index (Phi) is 11.4. The van der Waals surface area contributed by atoms with Crippen molar-refractivity contribution in [2.75, 3.05) is 13.1 Å². The molecular weight excluding hydrogens is 418 g/mol. The van der Waals surface area contributed by atoms with Crippen molar-refractivity contribution in [3.05, 3.63) is 83.5 Å². The zero-order valence-electron chi connectivity index (χ0n) is 21.8. The Morgan fingerprint density at radius 1 is 1.12 bits per heavy atom. The van der Waals surface area contributed by atoms with Crippen LogP contribution in [-0.4, -0.2) is 28.2 Å². The molecule has 1 atom stereocenters. The van der Waals surface area contributed by atoms with E-state index in [1.54, 1.807) is 6.08 Å². The fourth-order valence-corrected chi connectivity index (χ4v) is 5.12. The van der Waals surface area contributed by atoms with Crippen LogP contribution in [0.2, 0.25) is 0 Å². The van der Waals surface area contributed by atoms with Gasteiger partial charge in [-0.25, -0.2) is 0 Å². The zero-order chi connectivity index (χ0) is 25.1. The number of hydrogen-bond donors (Lipinski definition) is 2. The maximum Gasteiger partial charge on any atom is 0.127 e. The number of rotatable bonds is 7. The second kappa shape index (κ2) is 14.0. The van der Waals surface area contributed by atoms with E-state index in [0.717, 1.165) is 62.0 Å². The predicted octanol–water partition coefficient (Wildman–Crippen LogP) is 8.10. The summed E-state index contributed by atoms with van der Waals surface area (Å²) < 4.78 is 0. The first-order chi connectivity index (χ1) is 16.3. The Labute approximate surface area is 207 Å². The fourth-order valence-electron chi connectivity index (χ4n) is 5.12. The van der Waals surface area contributed by atoms with Crippen LogP contribution in [0.15, 0.2) is 66.8 Å². The van der Waals surface area contributed by atoms with Gasteiger partial charge in [-0.2, -0.15) is 0 Å². The van der Waals surface area contributed by atoms with E-state index in [4.69, 9.17) is 0 Å². The Balaban J connectivity index is 0.00000129. The number of piperidine rings is 1. The monoisotopic (exact) mass is 463 g/mol. The van der Waals surface area contributed by atoms with Gasteiger partial charge in [0.05, 0.1) is 0 Å². The van der Waals surface area contributed by atoms with Crippen LogP contribution < -0.4 is 0 Å². The predicted molar refractivity (Wildman–Crippen MR) is 146 cm³/mol. The van der Waals surface area contributed by atoms with Crippen molar-refractivity contribution in [3.63, 3.8) is 0 Å². The van der Waals surface area contributed by atoms with Crippen LogP contribution in [-0.2, 0) is 6.54 Å². The van der Waals surface area contributed by atoms with Gasteiger partial charge in [0.15, 0.2) is 0 Å². The van der Waals surface area contributed by atoms with Crippen molar-refractivity contribution in [2.24, 2.45) is 5.92 Å². The number of phenolic OH excluding ortho intramolecular Hbond substituents is 2. The summed E-state index contributed by atoms with van der Waals surface area (Å²) in [5.74, 6) is 1.36. The topological polar surface area (TPSA) is 43.7 Å². The van der Waals surface area contributed by atoms with Crippen molar-refractivity contribution in [1.29, 1.82) is 0 Å². The van der Waals surface area contributed by atoms with E-state index in [1.165, 1.54) is 24.0 Å². The summed E-state index contributed by atoms with van der Waals surface area (Å²) in [7, 11) is 0. The Bertz CT molecular complexity index is 914. The standard InChI is InChI=1S/C28H39NO2.C3H6/c1-5-7-10-22(6-2)18-23-12-14-29(15-13-23)19-25-21(4)17-26(30)27(28(25)31)24-11-8-9-20(3)16-24;1-3-2/h5-7,10,16-17,23-24,30-31H,1,8-9,11-15,18-19H2,2-4H3;3H,1H2,2H3/b10-7-,22-6+;. The van der Waals surface area contributed by atoms with Gasteiger partial charge in [0.1, 0.15) is 11.5 Å². The molecule has 0 spiro atoms. The van der Waals surface area contributed by atoms with E-state index < -0.39 is 0 Å². The first kappa shape index (κ1) is 27.7.